The van der Waals surface area contributed by atoms with Gasteiger partial charge in [0.2, 0.25) is 5.91 Å². The molecule has 2 heterocycles. The summed E-state index contributed by atoms with van der Waals surface area (Å²) in [5.74, 6) is -0.768. The van der Waals surface area contributed by atoms with Crippen molar-refractivity contribution in [2.75, 3.05) is 18.1 Å². The number of hydrogen-bond donors (Lipinski definition) is 0. The molecule has 1 amide bonds. The lowest BCUT2D eigenvalue weighted by Crippen LogP contribution is -2.53. The highest BCUT2D eigenvalue weighted by Crippen LogP contribution is 2.46. The molecule has 1 spiro atoms. The molecule has 0 bridgehead atoms. The minimum Gasteiger partial charge on any atom is -0.458 e. The van der Waals surface area contributed by atoms with Crippen LogP contribution in [0.1, 0.15) is 40.0 Å². The molecule has 5 nitrogen and oxygen atoms in total. The van der Waals surface area contributed by atoms with Gasteiger partial charge < -0.3 is 14.4 Å². The molecular formula is C19H25NO4. The van der Waals surface area contributed by atoms with Gasteiger partial charge in [-0.15, -0.1) is 0 Å². The Labute approximate surface area is 142 Å². The Morgan fingerprint density at radius 2 is 2.00 bits per heavy atom. The van der Waals surface area contributed by atoms with Gasteiger partial charge in [0, 0.05) is 25.1 Å². The third kappa shape index (κ3) is 3.05. The number of nitrogens with zero attached hydrogens (tertiary/aromatic N) is 1. The van der Waals surface area contributed by atoms with Gasteiger partial charge in [-0.2, -0.15) is 0 Å². The van der Waals surface area contributed by atoms with Crippen LogP contribution in [0.25, 0.3) is 0 Å². The lowest BCUT2D eigenvalue weighted by molar-refractivity contribution is -0.179. The molecule has 5 heteroatoms. The monoisotopic (exact) mass is 331 g/mol. The molecule has 2 aliphatic heterocycles. The van der Waals surface area contributed by atoms with Crippen molar-refractivity contribution in [3.8, 4) is 0 Å². The Balaban J connectivity index is 1.91. The summed E-state index contributed by atoms with van der Waals surface area (Å²) in [6, 6.07) is 9.58. The molecule has 0 radical (unpaired) electrons. The molecule has 0 N–H and O–H groups in total. The summed E-state index contributed by atoms with van der Waals surface area (Å²) in [6.45, 7) is 6.97. The Morgan fingerprint density at radius 1 is 1.29 bits per heavy atom. The van der Waals surface area contributed by atoms with Crippen LogP contribution in [0.2, 0.25) is 0 Å². The molecule has 2 fully saturated rings. The van der Waals surface area contributed by atoms with Gasteiger partial charge in [-0.1, -0.05) is 18.2 Å². The van der Waals surface area contributed by atoms with E-state index in [1.54, 1.807) is 4.90 Å². The second-order valence-electron chi connectivity index (χ2n) is 7.25. The van der Waals surface area contributed by atoms with E-state index in [9.17, 15) is 9.59 Å². The number of benzene rings is 1. The zero-order valence-corrected chi connectivity index (χ0v) is 14.6. The van der Waals surface area contributed by atoms with E-state index in [0.29, 0.717) is 26.0 Å². The van der Waals surface area contributed by atoms with Gasteiger partial charge in [0.25, 0.3) is 0 Å². The molecular weight excluding hydrogens is 306 g/mol. The number of anilines is 1. The van der Waals surface area contributed by atoms with Crippen LogP contribution in [0.5, 0.6) is 0 Å². The molecule has 0 aliphatic carbocycles. The van der Waals surface area contributed by atoms with Crippen LogP contribution in [0.3, 0.4) is 0 Å². The third-order valence-electron chi connectivity index (χ3n) is 5.01. The summed E-state index contributed by atoms with van der Waals surface area (Å²) >= 11 is 0. The summed E-state index contributed by atoms with van der Waals surface area (Å²) in [7, 11) is 0. The van der Waals surface area contributed by atoms with Crippen LogP contribution < -0.4 is 4.90 Å². The Kier molecular flexibility index (Phi) is 4.38. The van der Waals surface area contributed by atoms with Crippen molar-refractivity contribution in [1.29, 1.82) is 0 Å². The summed E-state index contributed by atoms with van der Waals surface area (Å²) < 4.78 is 11.5. The molecule has 0 unspecified atom stereocenters. The van der Waals surface area contributed by atoms with Gasteiger partial charge in [-0.05, 0) is 32.9 Å². The Morgan fingerprint density at radius 3 is 2.62 bits per heavy atom. The van der Waals surface area contributed by atoms with Crippen LogP contribution in [0.4, 0.5) is 5.69 Å². The van der Waals surface area contributed by atoms with Gasteiger partial charge in [-0.25, -0.2) is 0 Å². The fourth-order valence-electron chi connectivity index (χ4n) is 4.01. The highest BCUT2D eigenvalue weighted by molar-refractivity contribution is 5.98. The number of carbonyl (C=O) groups excluding carboxylic acids is 2. The normalized spacial score (nSPS) is 28.6. The highest BCUT2D eigenvalue weighted by atomic mass is 16.6. The maximum absolute atomic E-state index is 13.3. The van der Waals surface area contributed by atoms with E-state index in [0.717, 1.165) is 5.69 Å². The third-order valence-corrected chi connectivity index (χ3v) is 5.01. The van der Waals surface area contributed by atoms with Crippen LogP contribution in [-0.2, 0) is 19.1 Å². The maximum Gasteiger partial charge on any atom is 0.307 e. The molecule has 130 valence electrons. The van der Waals surface area contributed by atoms with Gasteiger partial charge in [0.05, 0.1) is 24.5 Å². The van der Waals surface area contributed by atoms with Crippen LogP contribution >= 0.6 is 0 Å². The second-order valence-corrected chi connectivity index (χ2v) is 7.25. The van der Waals surface area contributed by atoms with E-state index >= 15 is 0 Å². The average Bonchev–Trinajstić information content (AvgIpc) is 2.83. The van der Waals surface area contributed by atoms with E-state index in [1.807, 2.05) is 51.1 Å². The predicted octanol–water partition coefficient (Wildman–Crippen LogP) is 2.93. The van der Waals surface area contributed by atoms with Crippen molar-refractivity contribution in [3.05, 3.63) is 30.3 Å². The Hall–Kier alpha value is -1.88. The molecule has 24 heavy (non-hydrogen) atoms. The number of esters is 1. The van der Waals surface area contributed by atoms with E-state index < -0.39 is 17.1 Å². The van der Waals surface area contributed by atoms with Crippen molar-refractivity contribution >= 4 is 17.6 Å². The first-order valence-corrected chi connectivity index (χ1v) is 8.59. The lowest BCUT2D eigenvalue weighted by Gasteiger charge is -2.44. The minimum absolute atomic E-state index is 0.0350. The van der Waals surface area contributed by atoms with Crippen LogP contribution in [0, 0.1) is 5.92 Å². The Bertz CT molecular complexity index is 628. The molecule has 3 rings (SSSR count). The smallest absolute Gasteiger partial charge is 0.307 e. The van der Waals surface area contributed by atoms with Crippen LogP contribution in [0.15, 0.2) is 30.3 Å². The first-order chi connectivity index (χ1) is 11.4. The molecule has 0 saturated carbocycles. The topological polar surface area (TPSA) is 55.8 Å². The fraction of sp³-hybridized carbons (Fsp3) is 0.579. The number of amides is 1. The highest BCUT2D eigenvalue weighted by Gasteiger charge is 2.57. The summed E-state index contributed by atoms with van der Waals surface area (Å²) in [5.41, 5.74) is -0.283. The van der Waals surface area contributed by atoms with Gasteiger partial charge in [0.1, 0.15) is 5.60 Å². The van der Waals surface area contributed by atoms with E-state index in [-0.39, 0.29) is 18.3 Å². The van der Waals surface area contributed by atoms with Crippen molar-refractivity contribution in [2.24, 2.45) is 5.92 Å². The number of carbonyl (C=O) groups is 2. The van der Waals surface area contributed by atoms with Gasteiger partial charge in [0.15, 0.2) is 0 Å². The predicted molar refractivity (Wildman–Crippen MR) is 90.7 cm³/mol. The largest absolute Gasteiger partial charge is 0.458 e. The van der Waals surface area contributed by atoms with Gasteiger partial charge >= 0.3 is 5.97 Å². The first kappa shape index (κ1) is 17.0. The van der Waals surface area contributed by atoms with E-state index in [2.05, 4.69) is 0 Å². The molecule has 2 atom stereocenters. The van der Waals surface area contributed by atoms with Crippen molar-refractivity contribution in [1.82, 2.24) is 0 Å². The number of rotatable bonds is 3. The number of ether oxygens (including phenoxy) is 2. The summed E-state index contributed by atoms with van der Waals surface area (Å²) in [6.07, 6.45) is 1.28. The summed E-state index contributed by atoms with van der Waals surface area (Å²) in [5, 5.41) is 0. The number of para-hydroxylation sites is 1. The fourth-order valence-corrected chi connectivity index (χ4v) is 4.01. The zero-order chi connectivity index (χ0) is 17.4. The molecule has 1 aromatic rings. The lowest BCUT2D eigenvalue weighted by atomic mass is 9.75. The van der Waals surface area contributed by atoms with Crippen molar-refractivity contribution in [3.63, 3.8) is 0 Å². The summed E-state index contributed by atoms with van der Waals surface area (Å²) in [4.78, 5) is 27.1. The zero-order valence-electron chi connectivity index (χ0n) is 14.6. The van der Waals surface area contributed by atoms with E-state index in [4.69, 9.17) is 9.47 Å². The molecule has 2 aliphatic rings. The average molecular weight is 331 g/mol. The SMILES string of the molecule is CCN(C(=O)[C@H]1CC(=O)O[C@]12CCOC(C)(C)C2)c1ccccc1. The van der Waals surface area contributed by atoms with Crippen molar-refractivity contribution < 1.29 is 19.1 Å². The quantitative estimate of drug-likeness (QED) is 0.799. The minimum atomic E-state index is -0.738. The molecule has 1 aromatic carbocycles. The van der Waals surface area contributed by atoms with E-state index in [1.165, 1.54) is 0 Å². The number of hydrogen-bond acceptors (Lipinski definition) is 4. The first-order valence-electron chi connectivity index (χ1n) is 8.59. The standard InChI is InChI=1S/C19H25NO4/c1-4-20(14-8-6-5-7-9-14)17(22)15-12-16(21)24-19(15)10-11-23-18(2,3)13-19/h5-9,15H,4,10-13H2,1-3H3/t15-,19+/m1/s1. The molecule has 2 saturated heterocycles. The van der Waals surface area contributed by atoms with Gasteiger partial charge in [-0.3, -0.25) is 9.59 Å². The second kappa shape index (κ2) is 6.20. The maximum atomic E-state index is 13.3. The van der Waals surface area contributed by atoms with Crippen molar-refractivity contribution in [2.45, 2.75) is 51.2 Å². The molecule has 0 aromatic heterocycles. The van der Waals surface area contributed by atoms with Crippen LogP contribution in [-0.4, -0.2) is 36.2 Å².